The zero-order valence-corrected chi connectivity index (χ0v) is 21.0. The third-order valence-corrected chi connectivity index (χ3v) is 6.42. The number of aromatic nitrogens is 3. The van der Waals surface area contributed by atoms with Gasteiger partial charge in [-0.3, -0.25) is 9.88 Å². The summed E-state index contributed by atoms with van der Waals surface area (Å²) >= 11 is 6.29. The maximum absolute atomic E-state index is 13.6. The number of nitrogens with zero attached hydrogens (tertiary/aromatic N) is 4. The lowest BCUT2D eigenvalue weighted by molar-refractivity contribution is -0.137. The molecule has 1 N–H and O–H groups in total. The predicted molar refractivity (Wildman–Crippen MR) is 138 cm³/mol. The van der Waals surface area contributed by atoms with E-state index in [1.807, 2.05) is 31.3 Å². The Hall–Kier alpha value is -3.23. The van der Waals surface area contributed by atoms with Crippen molar-refractivity contribution in [1.82, 2.24) is 19.9 Å². The van der Waals surface area contributed by atoms with Gasteiger partial charge in [0.15, 0.2) is 0 Å². The van der Waals surface area contributed by atoms with Gasteiger partial charge in [-0.25, -0.2) is 9.97 Å². The van der Waals surface area contributed by atoms with Gasteiger partial charge in [0.2, 0.25) is 0 Å². The van der Waals surface area contributed by atoms with Crippen LogP contribution in [0.25, 0.3) is 22.2 Å². The molecule has 4 rings (SSSR count). The van der Waals surface area contributed by atoms with Gasteiger partial charge in [-0.2, -0.15) is 13.2 Å². The highest BCUT2D eigenvalue weighted by Gasteiger charge is 2.34. The Morgan fingerprint density at radius 3 is 2.53 bits per heavy atom. The molecule has 2 aromatic heterocycles. The highest BCUT2D eigenvalue weighted by atomic mass is 35.5. The second-order valence-corrected chi connectivity index (χ2v) is 9.30. The summed E-state index contributed by atoms with van der Waals surface area (Å²) in [6.07, 6.45) is -2.46. The average molecular weight is 514 g/mol. The number of benzene rings is 2. The van der Waals surface area contributed by atoms with E-state index in [9.17, 15) is 13.2 Å². The summed E-state index contributed by atoms with van der Waals surface area (Å²) < 4.78 is 40.8. The van der Waals surface area contributed by atoms with E-state index in [1.54, 1.807) is 18.2 Å². The molecule has 9 heteroatoms. The fourth-order valence-electron chi connectivity index (χ4n) is 3.82. The Labute approximate surface area is 213 Å². The first-order valence-electron chi connectivity index (χ1n) is 11.6. The normalized spacial score (nSPS) is 12.0. The van der Waals surface area contributed by atoms with Gasteiger partial charge in [-0.1, -0.05) is 35.9 Å². The Bertz CT molecular complexity index is 1360. The molecule has 0 saturated heterocycles. The van der Waals surface area contributed by atoms with E-state index in [-0.39, 0.29) is 11.7 Å². The number of alkyl halides is 3. The van der Waals surface area contributed by atoms with Gasteiger partial charge >= 0.3 is 6.18 Å². The van der Waals surface area contributed by atoms with Gasteiger partial charge in [0.1, 0.15) is 11.6 Å². The van der Waals surface area contributed by atoms with Crippen LogP contribution in [0.3, 0.4) is 0 Å². The average Bonchev–Trinajstić information content (AvgIpc) is 2.84. The lowest BCUT2D eigenvalue weighted by Crippen LogP contribution is -2.26. The van der Waals surface area contributed by atoms with Crippen molar-refractivity contribution in [2.24, 2.45) is 0 Å². The van der Waals surface area contributed by atoms with Crippen LogP contribution < -0.4 is 5.32 Å². The number of anilines is 1. The molecule has 0 spiro atoms. The fourth-order valence-corrected chi connectivity index (χ4v) is 4.05. The topological polar surface area (TPSA) is 53.9 Å². The van der Waals surface area contributed by atoms with Crippen LogP contribution in [0.5, 0.6) is 0 Å². The van der Waals surface area contributed by atoms with Crippen LogP contribution in [0.2, 0.25) is 5.02 Å². The van der Waals surface area contributed by atoms with Crippen LogP contribution in [0.4, 0.5) is 19.0 Å². The largest absolute Gasteiger partial charge is 0.418 e. The molecule has 0 saturated carbocycles. The van der Waals surface area contributed by atoms with Gasteiger partial charge in [0, 0.05) is 34.8 Å². The lowest BCUT2D eigenvalue weighted by atomic mass is 10.0. The molecule has 188 valence electrons. The van der Waals surface area contributed by atoms with Crippen LogP contribution in [0, 0.1) is 0 Å². The molecule has 2 aromatic carbocycles. The van der Waals surface area contributed by atoms with Crippen LogP contribution in [0.1, 0.15) is 30.8 Å². The zero-order chi connectivity index (χ0) is 25.9. The number of halogens is 4. The van der Waals surface area contributed by atoms with Crippen LogP contribution >= 0.6 is 11.6 Å². The summed E-state index contributed by atoms with van der Waals surface area (Å²) in [5.74, 6) is 1.20. The summed E-state index contributed by atoms with van der Waals surface area (Å²) in [4.78, 5) is 15.6. The molecule has 0 fully saturated rings. The minimum atomic E-state index is -4.51. The van der Waals surface area contributed by atoms with E-state index in [4.69, 9.17) is 21.6 Å². The molecule has 0 amide bonds. The van der Waals surface area contributed by atoms with E-state index in [0.29, 0.717) is 47.3 Å². The Kier molecular flexibility index (Phi) is 7.76. The molecule has 0 atom stereocenters. The van der Waals surface area contributed by atoms with Gasteiger partial charge in [-0.05, 0) is 63.2 Å². The van der Waals surface area contributed by atoms with Gasteiger partial charge in [0.05, 0.1) is 23.3 Å². The number of hydrogen-bond acceptors (Lipinski definition) is 5. The quantitative estimate of drug-likeness (QED) is 0.279. The number of rotatable bonds is 8. The Morgan fingerprint density at radius 1 is 1.03 bits per heavy atom. The smallest absolute Gasteiger partial charge is 0.369 e. The van der Waals surface area contributed by atoms with E-state index in [2.05, 4.69) is 29.0 Å². The fraction of sp³-hybridized carbons (Fsp3) is 0.296. The zero-order valence-electron chi connectivity index (χ0n) is 20.3. The van der Waals surface area contributed by atoms with Crippen molar-refractivity contribution >= 4 is 28.3 Å². The molecular formula is C27H27ClF3N5. The lowest BCUT2D eigenvalue weighted by Gasteiger charge is -2.21. The molecular weight excluding hydrogens is 487 g/mol. The number of pyridine rings is 1. The maximum Gasteiger partial charge on any atom is 0.418 e. The van der Waals surface area contributed by atoms with E-state index in [0.717, 1.165) is 17.0 Å². The van der Waals surface area contributed by atoms with Gasteiger partial charge < -0.3 is 5.32 Å². The molecule has 0 radical (unpaired) electrons. The molecule has 2 heterocycles. The van der Waals surface area contributed by atoms with Crippen molar-refractivity contribution in [1.29, 1.82) is 0 Å². The van der Waals surface area contributed by atoms with Crippen molar-refractivity contribution in [2.45, 2.75) is 39.0 Å². The highest BCUT2D eigenvalue weighted by molar-refractivity contribution is 6.31. The van der Waals surface area contributed by atoms with Crippen molar-refractivity contribution in [3.05, 3.63) is 82.8 Å². The van der Waals surface area contributed by atoms with Gasteiger partial charge in [0.25, 0.3) is 0 Å². The van der Waals surface area contributed by atoms with Crippen molar-refractivity contribution in [3.8, 4) is 11.3 Å². The van der Waals surface area contributed by atoms with Crippen molar-refractivity contribution in [3.63, 3.8) is 0 Å². The summed E-state index contributed by atoms with van der Waals surface area (Å²) in [7, 11) is 1.97. The molecule has 36 heavy (non-hydrogen) atoms. The van der Waals surface area contributed by atoms with E-state index >= 15 is 0 Å². The molecule has 0 bridgehead atoms. The van der Waals surface area contributed by atoms with Crippen LogP contribution in [0.15, 0.2) is 60.8 Å². The molecule has 0 aliphatic carbocycles. The molecule has 0 aliphatic rings. The molecule has 0 unspecified atom stereocenters. The third kappa shape index (κ3) is 5.94. The maximum atomic E-state index is 13.6. The standard InChI is InChI=1S/C27H27ClF3N5/c1-17(2)36(3)16-24-34-23-15-19(25-21(27(29,30)31)8-6-13-32-25)10-11-20(23)26(35-24)33-14-12-18-7-4-5-9-22(18)28/h4-11,13,15,17H,12,14,16H2,1-3H3,(H,33,34,35). The molecule has 4 aromatic rings. The molecule has 5 nitrogen and oxygen atoms in total. The number of nitrogens with one attached hydrogen (secondary N) is 1. The third-order valence-electron chi connectivity index (χ3n) is 6.05. The van der Waals surface area contributed by atoms with Crippen molar-refractivity contribution in [2.75, 3.05) is 18.9 Å². The Morgan fingerprint density at radius 2 is 1.81 bits per heavy atom. The molecule has 0 aliphatic heterocycles. The first-order valence-corrected chi connectivity index (χ1v) is 12.0. The summed E-state index contributed by atoms with van der Waals surface area (Å²) in [6, 6.07) is 15.3. The Balaban J connectivity index is 1.73. The monoisotopic (exact) mass is 513 g/mol. The van der Waals surface area contributed by atoms with Crippen molar-refractivity contribution < 1.29 is 13.2 Å². The SMILES string of the molecule is CC(C)N(C)Cc1nc(NCCc2ccccc2Cl)c2ccc(-c3ncccc3C(F)(F)F)cc2n1. The van der Waals surface area contributed by atoms with Crippen LogP contribution in [-0.2, 0) is 19.1 Å². The van der Waals surface area contributed by atoms with E-state index in [1.165, 1.54) is 12.3 Å². The first-order chi connectivity index (χ1) is 17.1. The summed E-state index contributed by atoms with van der Waals surface area (Å²) in [6.45, 7) is 5.22. The minimum absolute atomic E-state index is 0.125. The van der Waals surface area contributed by atoms with Gasteiger partial charge in [-0.15, -0.1) is 0 Å². The van der Waals surface area contributed by atoms with Crippen LogP contribution in [-0.4, -0.2) is 39.5 Å². The summed E-state index contributed by atoms with van der Waals surface area (Å²) in [5.41, 5.74) is 1.01. The minimum Gasteiger partial charge on any atom is -0.369 e. The first kappa shape index (κ1) is 25.9. The second kappa shape index (κ2) is 10.8. The number of fused-ring (bicyclic) bond motifs is 1. The number of hydrogen-bond donors (Lipinski definition) is 1. The highest BCUT2D eigenvalue weighted by Crippen LogP contribution is 2.36. The second-order valence-electron chi connectivity index (χ2n) is 8.89. The predicted octanol–water partition coefficient (Wildman–Crippen LogP) is 6.86. The van der Waals surface area contributed by atoms with E-state index < -0.39 is 11.7 Å². The summed E-state index contributed by atoms with van der Waals surface area (Å²) in [5, 5.41) is 4.80.